The average molecular weight is 239 g/mol. The molecule has 1 saturated carbocycles. The molecule has 1 fully saturated rings. The SMILES string of the molecule is CC1CCCCC1(CO)NCc1cccs1. The van der Waals surface area contributed by atoms with Crippen molar-refractivity contribution < 1.29 is 5.11 Å². The van der Waals surface area contributed by atoms with Gasteiger partial charge in [-0.05, 0) is 30.2 Å². The third-order valence-electron chi connectivity index (χ3n) is 3.93. The number of hydrogen-bond acceptors (Lipinski definition) is 3. The van der Waals surface area contributed by atoms with E-state index in [0.717, 1.165) is 13.0 Å². The molecule has 16 heavy (non-hydrogen) atoms. The van der Waals surface area contributed by atoms with Crippen LogP contribution in [-0.4, -0.2) is 17.3 Å². The topological polar surface area (TPSA) is 32.3 Å². The maximum atomic E-state index is 9.68. The van der Waals surface area contributed by atoms with Gasteiger partial charge in [0.2, 0.25) is 0 Å². The molecule has 1 aromatic rings. The molecule has 2 rings (SSSR count). The molecule has 0 radical (unpaired) electrons. The first kappa shape index (κ1) is 12.1. The standard InChI is InChI=1S/C13H21NOS/c1-11-5-2-3-7-13(11,10-15)14-9-12-6-4-8-16-12/h4,6,8,11,14-15H,2-3,5,7,9-10H2,1H3. The molecule has 0 bridgehead atoms. The summed E-state index contributed by atoms with van der Waals surface area (Å²) in [6, 6.07) is 4.23. The first-order valence-corrected chi connectivity index (χ1v) is 7.03. The van der Waals surface area contributed by atoms with Crippen LogP contribution in [0.2, 0.25) is 0 Å². The monoisotopic (exact) mass is 239 g/mol. The maximum Gasteiger partial charge on any atom is 0.0616 e. The van der Waals surface area contributed by atoms with E-state index < -0.39 is 0 Å². The van der Waals surface area contributed by atoms with E-state index in [1.165, 1.54) is 24.1 Å². The Labute approximate surface area is 102 Å². The van der Waals surface area contributed by atoms with Gasteiger partial charge in [-0.15, -0.1) is 11.3 Å². The summed E-state index contributed by atoms with van der Waals surface area (Å²) in [5.41, 5.74) is -0.0394. The lowest BCUT2D eigenvalue weighted by molar-refractivity contribution is 0.0733. The van der Waals surface area contributed by atoms with Crippen LogP contribution < -0.4 is 5.32 Å². The minimum absolute atomic E-state index is 0.0394. The summed E-state index contributed by atoms with van der Waals surface area (Å²) >= 11 is 1.78. The van der Waals surface area contributed by atoms with Crippen molar-refractivity contribution in [2.45, 2.75) is 44.7 Å². The van der Waals surface area contributed by atoms with Crippen LogP contribution in [0.4, 0.5) is 0 Å². The van der Waals surface area contributed by atoms with Crippen molar-refractivity contribution in [1.82, 2.24) is 5.32 Å². The molecule has 3 heteroatoms. The molecular weight excluding hydrogens is 218 g/mol. The Bertz CT molecular complexity index is 312. The summed E-state index contributed by atoms with van der Waals surface area (Å²) < 4.78 is 0. The van der Waals surface area contributed by atoms with Gasteiger partial charge in [-0.1, -0.05) is 25.8 Å². The third kappa shape index (κ3) is 2.47. The lowest BCUT2D eigenvalue weighted by Crippen LogP contribution is -2.54. The highest BCUT2D eigenvalue weighted by Crippen LogP contribution is 2.33. The van der Waals surface area contributed by atoms with Crippen molar-refractivity contribution in [2.24, 2.45) is 5.92 Å². The summed E-state index contributed by atoms with van der Waals surface area (Å²) in [5.74, 6) is 0.575. The second-order valence-corrected chi connectivity index (χ2v) is 5.93. The zero-order valence-corrected chi connectivity index (χ0v) is 10.7. The van der Waals surface area contributed by atoms with Gasteiger partial charge in [-0.3, -0.25) is 0 Å². The molecule has 2 N–H and O–H groups in total. The predicted octanol–water partition coefficient (Wildman–Crippen LogP) is 2.78. The van der Waals surface area contributed by atoms with Crippen LogP contribution in [0.15, 0.2) is 17.5 Å². The summed E-state index contributed by atoms with van der Waals surface area (Å²) in [5, 5.41) is 15.4. The normalized spacial score (nSPS) is 30.5. The van der Waals surface area contributed by atoms with Crippen LogP contribution in [0, 0.1) is 5.92 Å². The number of aliphatic hydroxyl groups is 1. The Morgan fingerprint density at radius 1 is 1.56 bits per heavy atom. The van der Waals surface area contributed by atoms with Crippen LogP contribution in [0.3, 0.4) is 0 Å². The molecule has 1 aromatic heterocycles. The highest BCUT2D eigenvalue weighted by molar-refractivity contribution is 7.09. The van der Waals surface area contributed by atoms with Crippen molar-refractivity contribution in [3.63, 3.8) is 0 Å². The fraction of sp³-hybridized carbons (Fsp3) is 0.692. The Morgan fingerprint density at radius 2 is 2.44 bits per heavy atom. The van der Waals surface area contributed by atoms with E-state index in [1.54, 1.807) is 11.3 Å². The summed E-state index contributed by atoms with van der Waals surface area (Å²) in [6.45, 7) is 3.42. The van der Waals surface area contributed by atoms with Gasteiger partial charge < -0.3 is 10.4 Å². The molecule has 2 atom stereocenters. The van der Waals surface area contributed by atoms with E-state index in [1.807, 2.05) is 0 Å². The van der Waals surface area contributed by atoms with Gasteiger partial charge in [0.05, 0.1) is 6.61 Å². The van der Waals surface area contributed by atoms with Crippen molar-refractivity contribution in [1.29, 1.82) is 0 Å². The lowest BCUT2D eigenvalue weighted by Gasteiger charge is -2.42. The summed E-state index contributed by atoms with van der Waals surface area (Å²) in [7, 11) is 0. The van der Waals surface area contributed by atoms with Gasteiger partial charge in [0, 0.05) is 17.0 Å². The van der Waals surface area contributed by atoms with Crippen molar-refractivity contribution in [3.8, 4) is 0 Å². The van der Waals surface area contributed by atoms with Gasteiger partial charge in [0.1, 0.15) is 0 Å². The first-order valence-electron chi connectivity index (χ1n) is 6.15. The van der Waals surface area contributed by atoms with Gasteiger partial charge in [-0.25, -0.2) is 0 Å². The Balaban J connectivity index is 1.98. The molecular formula is C13H21NOS. The molecule has 0 amide bonds. The van der Waals surface area contributed by atoms with Gasteiger partial charge >= 0.3 is 0 Å². The molecule has 0 aromatic carbocycles. The molecule has 0 spiro atoms. The highest BCUT2D eigenvalue weighted by atomic mass is 32.1. The number of aliphatic hydroxyl groups excluding tert-OH is 1. The lowest BCUT2D eigenvalue weighted by atomic mass is 9.74. The second kappa shape index (κ2) is 5.30. The smallest absolute Gasteiger partial charge is 0.0616 e. The largest absolute Gasteiger partial charge is 0.394 e. The molecule has 1 heterocycles. The van der Waals surface area contributed by atoms with Crippen LogP contribution in [-0.2, 0) is 6.54 Å². The molecule has 0 saturated heterocycles. The minimum atomic E-state index is -0.0394. The fourth-order valence-electron chi connectivity index (χ4n) is 2.64. The van der Waals surface area contributed by atoms with Gasteiger partial charge in [0.25, 0.3) is 0 Å². The van der Waals surface area contributed by atoms with Gasteiger partial charge in [0.15, 0.2) is 0 Å². The number of rotatable bonds is 4. The molecule has 90 valence electrons. The van der Waals surface area contributed by atoms with Crippen molar-refractivity contribution >= 4 is 11.3 Å². The summed E-state index contributed by atoms with van der Waals surface area (Å²) in [6.07, 6.45) is 4.89. The average Bonchev–Trinajstić information content (AvgIpc) is 2.82. The van der Waals surface area contributed by atoms with E-state index in [4.69, 9.17) is 0 Å². The molecule has 2 unspecified atom stereocenters. The molecule has 1 aliphatic rings. The highest BCUT2D eigenvalue weighted by Gasteiger charge is 2.36. The van der Waals surface area contributed by atoms with E-state index >= 15 is 0 Å². The van der Waals surface area contributed by atoms with Crippen molar-refractivity contribution in [2.75, 3.05) is 6.61 Å². The van der Waals surface area contributed by atoms with E-state index in [9.17, 15) is 5.11 Å². The Morgan fingerprint density at radius 3 is 3.06 bits per heavy atom. The molecule has 2 nitrogen and oxygen atoms in total. The van der Waals surface area contributed by atoms with E-state index in [-0.39, 0.29) is 12.1 Å². The zero-order valence-electron chi connectivity index (χ0n) is 9.91. The van der Waals surface area contributed by atoms with Crippen LogP contribution in [0.25, 0.3) is 0 Å². The Hall–Kier alpha value is -0.380. The fourth-order valence-corrected chi connectivity index (χ4v) is 3.29. The minimum Gasteiger partial charge on any atom is -0.394 e. The predicted molar refractivity (Wildman–Crippen MR) is 68.6 cm³/mol. The number of nitrogens with one attached hydrogen (secondary N) is 1. The van der Waals surface area contributed by atoms with Crippen molar-refractivity contribution in [3.05, 3.63) is 22.4 Å². The third-order valence-corrected chi connectivity index (χ3v) is 4.81. The summed E-state index contributed by atoms with van der Waals surface area (Å²) in [4.78, 5) is 1.35. The Kier molecular flexibility index (Phi) is 4.00. The zero-order chi connectivity index (χ0) is 11.4. The number of hydrogen-bond donors (Lipinski definition) is 2. The molecule has 1 aliphatic carbocycles. The number of thiophene rings is 1. The van der Waals surface area contributed by atoms with Crippen LogP contribution >= 0.6 is 11.3 Å². The molecule has 0 aliphatic heterocycles. The maximum absolute atomic E-state index is 9.68. The van der Waals surface area contributed by atoms with E-state index in [2.05, 4.69) is 29.8 Å². The van der Waals surface area contributed by atoms with E-state index in [0.29, 0.717) is 5.92 Å². The first-order chi connectivity index (χ1) is 7.77. The van der Waals surface area contributed by atoms with Gasteiger partial charge in [-0.2, -0.15) is 0 Å². The quantitative estimate of drug-likeness (QED) is 0.847. The second-order valence-electron chi connectivity index (χ2n) is 4.89. The van der Waals surface area contributed by atoms with Crippen LogP contribution in [0.5, 0.6) is 0 Å². The van der Waals surface area contributed by atoms with Crippen LogP contribution in [0.1, 0.15) is 37.5 Å².